The van der Waals surface area contributed by atoms with Crippen LogP contribution in [0.5, 0.6) is 11.6 Å². The third-order valence-electron chi connectivity index (χ3n) is 2.64. The lowest BCUT2D eigenvalue weighted by atomic mass is 10.2. The number of nitro groups is 1. The molecule has 2 aromatic rings. The minimum atomic E-state index is -0.524. The molecule has 0 aliphatic heterocycles. The van der Waals surface area contributed by atoms with Crippen molar-refractivity contribution in [3.05, 3.63) is 57.3 Å². The highest BCUT2D eigenvalue weighted by Gasteiger charge is 2.18. The summed E-state index contributed by atoms with van der Waals surface area (Å²) in [5, 5.41) is 20.0. The Morgan fingerprint density at radius 3 is 2.70 bits per heavy atom. The average molecular weight is 269 g/mol. The SMILES string of the molecule is Cc1ccc(Oc2nc(C)ccc2C#N)c([N+](=O)[O-])c1. The largest absolute Gasteiger partial charge is 0.430 e. The van der Waals surface area contributed by atoms with Crippen molar-refractivity contribution >= 4 is 5.69 Å². The molecule has 1 aromatic heterocycles. The molecule has 6 heteroatoms. The van der Waals surface area contributed by atoms with Gasteiger partial charge in [0.25, 0.3) is 0 Å². The summed E-state index contributed by atoms with van der Waals surface area (Å²) in [6.07, 6.45) is 0. The van der Waals surface area contributed by atoms with E-state index < -0.39 is 4.92 Å². The minimum Gasteiger partial charge on any atom is -0.430 e. The highest BCUT2D eigenvalue weighted by Crippen LogP contribution is 2.32. The van der Waals surface area contributed by atoms with E-state index in [1.54, 1.807) is 32.0 Å². The third-order valence-corrected chi connectivity index (χ3v) is 2.64. The summed E-state index contributed by atoms with van der Waals surface area (Å²) in [6, 6.07) is 9.80. The maximum atomic E-state index is 11.0. The molecule has 0 amide bonds. The summed E-state index contributed by atoms with van der Waals surface area (Å²) >= 11 is 0. The number of nitro benzene ring substituents is 1. The molecule has 1 heterocycles. The van der Waals surface area contributed by atoms with Gasteiger partial charge in [-0.1, -0.05) is 6.07 Å². The third kappa shape index (κ3) is 2.72. The van der Waals surface area contributed by atoms with Crippen LogP contribution in [0.2, 0.25) is 0 Å². The van der Waals surface area contributed by atoms with E-state index >= 15 is 0 Å². The summed E-state index contributed by atoms with van der Waals surface area (Å²) in [5.41, 5.74) is 1.48. The highest BCUT2D eigenvalue weighted by molar-refractivity contribution is 5.51. The van der Waals surface area contributed by atoms with Gasteiger partial charge in [0.15, 0.2) is 0 Å². The van der Waals surface area contributed by atoms with Gasteiger partial charge in [-0.25, -0.2) is 4.98 Å². The molecule has 0 aliphatic rings. The molecule has 0 atom stereocenters. The van der Waals surface area contributed by atoms with Crippen LogP contribution in [0.15, 0.2) is 30.3 Å². The van der Waals surface area contributed by atoms with Crippen LogP contribution >= 0.6 is 0 Å². The van der Waals surface area contributed by atoms with Gasteiger partial charge in [0.05, 0.1) is 4.92 Å². The second-order valence-corrected chi connectivity index (χ2v) is 4.25. The Hall–Kier alpha value is -2.94. The predicted octanol–water partition coefficient (Wildman–Crippen LogP) is 3.27. The smallest absolute Gasteiger partial charge is 0.311 e. The van der Waals surface area contributed by atoms with Crippen LogP contribution in [0.3, 0.4) is 0 Å². The molecule has 0 radical (unpaired) electrons. The molecule has 6 nitrogen and oxygen atoms in total. The quantitative estimate of drug-likeness (QED) is 0.630. The molecule has 0 saturated heterocycles. The van der Waals surface area contributed by atoms with E-state index in [9.17, 15) is 10.1 Å². The van der Waals surface area contributed by atoms with Crippen molar-refractivity contribution < 1.29 is 9.66 Å². The Morgan fingerprint density at radius 2 is 2.05 bits per heavy atom. The lowest BCUT2D eigenvalue weighted by molar-refractivity contribution is -0.385. The highest BCUT2D eigenvalue weighted by atomic mass is 16.6. The zero-order valence-corrected chi connectivity index (χ0v) is 11.0. The lowest BCUT2D eigenvalue weighted by Crippen LogP contribution is -1.98. The molecule has 2 rings (SSSR count). The number of pyridine rings is 1. The van der Waals surface area contributed by atoms with Gasteiger partial charge in [-0.3, -0.25) is 10.1 Å². The fourth-order valence-electron chi connectivity index (χ4n) is 1.66. The van der Waals surface area contributed by atoms with E-state index in [2.05, 4.69) is 4.98 Å². The van der Waals surface area contributed by atoms with E-state index in [1.807, 2.05) is 6.07 Å². The molecule has 0 unspecified atom stereocenters. The van der Waals surface area contributed by atoms with Gasteiger partial charge in [0.1, 0.15) is 11.6 Å². The predicted molar refractivity (Wildman–Crippen MR) is 71.6 cm³/mol. The molecule has 0 saturated carbocycles. The number of rotatable bonds is 3. The number of nitriles is 1. The Bertz CT molecular complexity index is 720. The van der Waals surface area contributed by atoms with Crippen LogP contribution in [0.25, 0.3) is 0 Å². The number of aryl methyl sites for hydroxylation is 2. The van der Waals surface area contributed by atoms with E-state index in [0.717, 1.165) is 5.56 Å². The molecular weight excluding hydrogens is 258 g/mol. The molecule has 0 aliphatic carbocycles. The number of nitrogens with zero attached hydrogens (tertiary/aromatic N) is 3. The van der Waals surface area contributed by atoms with Gasteiger partial charge in [-0.2, -0.15) is 5.26 Å². The molecule has 0 bridgehead atoms. The Balaban J connectivity index is 2.48. The average Bonchev–Trinajstić information content (AvgIpc) is 2.41. The van der Waals surface area contributed by atoms with E-state index in [4.69, 9.17) is 10.00 Å². The second-order valence-electron chi connectivity index (χ2n) is 4.25. The van der Waals surface area contributed by atoms with Crippen LogP contribution in [0, 0.1) is 35.3 Å². The van der Waals surface area contributed by atoms with Gasteiger partial charge >= 0.3 is 5.69 Å². The number of aromatic nitrogens is 1. The van der Waals surface area contributed by atoms with Crippen LogP contribution in [0.4, 0.5) is 5.69 Å². The molecule has 100 valence electrons. The molecule has 0 spiro atoms. The van der Waals surface area contributed by atoms with Crippen molar-refractivity contribution in [2.24, 2.45) is 0 Å². The van der Waals surface area contributed by atoms with Gasteiger partial charge in [0, 0.05) is 11.8 Å². The van der Waals surface area contributed by atoms with Crippen LogP contribution in [-0.4, -0.2) is 9.91 Å². The van der Waals surface area contributed by atoms with E-state index in [1.165, 1.54) is 12.1 Å². The van der Waals surface area contributed by atoms with Crippen molar-refractivity contribution in [1.82, 2.24) is 4.98 Å². The van der Waals surface area contributed by atoms with Gasteiger partial charge < -0.3 is 4.74 Å². The minimum absolute atomic E-state index is 0.0650. The normalized spacial score (nSPS) is 9.85. The van der Waals surface area contributed by atoms with Crippen molar-refractivity contribution in [2.75, 3.05) is 0 Å². The molecule has 0 fully saturated rings. The van der Waals surface area contributed by atoms with Crippen molar-refractivity contribution in [3.8, 4) is 17.7 Å². The monoisotopic (exact) mass is 269 g/mol. The van der Waals surface area contributed by atoms with E-state index in [0.29, 0.717) is 5.69 Å². The Morgan fingerprint density at radius 1 is 1.30 bits per heavy atom. The maximum Gasteiger partial charge on any atom is 0.311 e. The Kier molecular flexibility index (Phi) is 3.62. The number of hydrogen-bond acceptors (Lipinski definition) is 5. The first-order chi connectivity index (χ1) is 9.51. The zero-order chi connectivity index (χ0) is 14.7. The topological polar surface area (TPSA) is 89.0 Å². The Labute approximate surface area is 115 Å². The van der Waals surface area contributed by atoms with Crippen LogP contribution in [0.1, 0.15) is 16.8 Å². The second kappa shape index (κ2) is 5.36. The number of hydrogen-bond donors (Lipinski definition) is 0. The number of benzene rings is 1. The lowest BCUT2D eigenvalue weighted by Gasteiger charge is -2.08. The summed E-state index contributed by atoms with van der Waals surface area (Å²) in [6.45, 7) is 3.50. The summed E-state index contributed by atoms with van der Waals surface area (Å²) < 4.78 is 5.45. The summed E-state index contributed by atoms with van der Waals surface area (Å²) in [4.78, 5) is 14.6. The van der Waals surface area contributed by atoms with Gasteiger partial charge in [0.2, 0.25) is 11.6 Å². The number of ether oxygens (including phenoxy) is 1. The molecule has 0 N–H and O–H groups in total. The fraction of sp³-hybridized carbons (Fsp3) is 0.143. The van der Waals surface area contributed by atoms with Crippen LogP contribution < -0.4 is 4.74 Å². The molecule has 20 heavy (non-hydrogen) atoms. The van der Waals surface area contributed by atoms with E-state index in [-0.39, 0.29) is 22.9 Å². The van der Waals surface area contributed by atoms with Crippen molar-refractivity contribution in [3.63, 3.8) is 0 Å². The summed E-state index contributed by atoms with van der Waals surface area (Å²) in [7, 11) is 0. The molecule has 1 aromatic carbocycles. The van der Waals surface area contributed by atoms with Crippen molar-refractivity contribution in [1.29, 1.82) is 5.26 Å². The standard InChI is InChI=1S/C14H11N3O3/c1-9-3-6-13(12(7-9)17(18)19)20-14-11(8-15)5-4-10(2)16-14/h3-7H,1-2H3. The summed E-state index contributed by atoms with van der Waals surface area (Å²) in [5.74, 6) is 0.134. The first kappa shape index (κ1) is 13.5. The molecular formula is C14H11N3O3. The van der Waals surface area contributed by atoms with Gasteiger partial charge in [-0.15, -0.1) is 0 Å². The first-order valence-corrected chi connectivity index (χ1v) is 5.82. The maximum absolute atomic E-state index is 11.0. The first-order valence-electron chi connectivity index (χ1n) is 5.82. The zero-order valence-electron chi connectivity index (χ0n) is 11.0. The fourth-order valence-corrected chi connectivity index (χ4v) is 1.66. The van der Waals surface area contributed by atoms with Crippen molar-refractivity contribution in [2.45, 2.75) is 13.8 Å². The van der Waals surface area contributed by atoms with Gasteiger partial charge in [-0.05, 0) is 37.6 Å². The van der Waals surface area contributed by atoms with Crippen LogP contribution in [-0.2, 0) is 0 Å².